The zero-order valence-electron chi connectivity index (χ0n) is 14.8. The highest BCUT2D eigenvalue weighted by molar-refractivity contribution is 7.99. The molecule has 0 saturated heterocycles. The molecule has 6 heteroatoms. The maximum absolute atomic E-state index is 12.5. The van der Waals surface area contributed by atoms with Gasteiger partial charge in [0, 0.05) is 17.6 Å². The summed E-state index contributed by atoms with van der Waals surface area (Å²) in [7, 11) is 0. The number of nitrogens with zero attached hydrogens (tertiary/aromatic N) is 3. The third kappa shape index (κ3) is 4.52. The van der Waals surface area contributed by atoms with Crippen molar-refractivity contribution in [3.63, 3.8) is 0 Å². The van der Waals surface area contributed by atoms with Crippen molar-refractivity contribution in [1.82, 2.24) is 20.1 Å². The number of hydrogen-bond acceptors (Lipinski definition) is 4. The van der Waals surface area contributed by atoms with Crippen molar-refractivity contribution in [2.75, 3.05) is 12.3 Å². The Labute approximate surface area is 157 Å². The van der Waals surface area contributed by atoms with Gasteiger partial charge in [-0.1, -0.05) is 31.2 Å². The summed E-state index contributed by atoms with van der Waals surface area (Å²) >= 11 is 1.80. The van der Waals surface area contributed by atoms with E-state index in [9.17, 15) is 4.79 Å². The molecule has 0 fully saturated rings. The number of aromatic nitrogens is 3. The van der Waals surface area contributed by atoms with Crippen LogP contribution >= 0.6 is 11.8 Å². The summed E-state index contributed by atoms with van der Waals surface area (Å²) in [5.74, 6) is 1.62. The summed E-state index contributed by atoms with van der Waals surface area (Å²) in [6, 6.07) is 15.9. The number of carbonyl (C=O) groups is 1. The minimum Gasteiger partial charge on any atom is -0.352 e. The summed E-state index contributed by atoms with van der Waals surface area (Å²) in [5, 5.41) is 7.35. The summed E-state index contributed by atoms with van der Waals surface area (Å²) in [4.78, 5) is 18.1. The van der Waals surface area contributed by atoms with Crippen LogP contribution in [0.3, 0.4) is 0 Å². The zero-order chi connectivity index (χ0) is 18.2. The second-order valence-corrected chi connectivity index (χ2v) is 6.90. The molecule has 2 heterocycles. The molecule has 0 atom stereocenters. The van der Waals surface area contributed by atoms with Gasteiger partial charge in [0.05, 0.1) is 17.5 Å². The predicted octanol–water partition coefficient (Wildman–Crippen LogP) is 3.74. The Balaban J connectivity index is 1.54. The number of rotatable bonds is 8. The fraction of sp³-hybridized carbons (Fsp3) is 0.250. The van der Waals surface area contributed by atoms with Crippen LogP contribution in [-0.2, 0) is 6.42 Å². The molecule has 134 valence electrons. The Morgan fingerprint density at radius 1 is 1.15 bits per heavy atom. The lowest BCUT2D eigenvalue weighted by Gasteiger charge is -2.08. The average Bonchev–Trinajstić information content (AvgIpc) is 3.13. The SMILES string of the molecule is CCc1c(C(=O)NCCCSc2ccccc2)cnn1-c1ccccn1. The standard InChI is InChI=1S/C20H22N4OS/c1-2-18-17(15-23-24(18)19-11-6-7-12-21-19)20(25)22-13-8-14-26-16-9-4-3-5-10-16/h3-7,9-12,15H,2,8,13-14H2,1H3,(H,22,25). The molecule has 1 aromatic carbocycles. The van der Waals surface area contributed by atoms with E-state index in [0.29, 0.717) is 18.5 Å². The number of amides is 1. The van der Waals surface area contributed by atoms with Gasteiger partial charge in [-0.3, -0.25) is 4.79 Å². The predicted molar refractivity (Wildman–Crippen MR) is 105 cm³/mol. The van der Waals surface area contributed by atoms with E-state index in [-0.39, 0.29) is 5.91 Å². The number of nitrogens with one attached hydrogen (secondary N) is 1. The van der Waals surface area contributed by atoms with Gasteiger partial charge >= 0.3 is 0 Å². The molecule has 0 unspecified atom stereocenters. The first-order chi connectivity index (χ1) is 12.8. The summed E-state index contributed by atoms with van der Waals surface area (Å²) < 4.78 is 1.74. The Bertz CT molecular complexity index is 834. The molecule has 1 N–H and O–H groups in total. The highest BCUT2D eigenvalue weighted by Gasteiger charge is 2.17. The maximum atomic E-state index is 12.5. The lowest BCUT2D eigenvalue weighted by molar-refractivity contribution is 0.0953. The minimum absolute atomic E-state index is 0.0752. The summed E-state index contributed by atoms with van der Waals surface area (Å²) in [6.07, 6.45) is 4.98. The smallest absolute Gasteiger partial charge is 0.254 e. The Morgan fingerprint density at radius 2 is 1.96 bits per heavy atom. The van der Waals surface area contributed by atoms with Crippen LogP contribution in [0, 0.1) is 0 Å². The highest BCUT2D eigenvalue weighted by Crippen LogP contribution is 2.17. The molecule has 0 saturated carbocycles. The average molecular weight is 366 g/mol. The number of pyridine rings is 1. The zero-order valence-corrected chi connectivity index (χ0v) is 15.6. The molecular weight excluding hydrogens is 344 g/mol. The van der Waals surface area contributed by atoms with Crippen molar-refractivity contribution in [2.45, 2.75) is 24.7 Å². The van der Waals surface area contributed by atoms with Crippen LogP contribution in [0.15, 0.2) is 65.8 Å². The van der Waals surface area contributed by atoms with Gasteiger partial charge < -0.3 is 5.32 Å². The largest absolute Gasteiger partial charge is 0.352 e. The van der Waals surface area contributed by atoms with E-state index in [1.165, 1.54) is 4.90 Å². The van der Waals surface area contributed by atoms with E-state index >= 15 is 0 Å². The molecule has 3 aromatic rings. The number of thioether (sulfide) groups is 1. The Kier molecular flexibility index (Phi) is 6.44. The van der Waals surface area contributed by atoms with Crippen molar-refractivity contribution in [1.29, 1.82) is 0 Å². The van der Waals surface area contributed by atoms with Gasteiger partial charge in [-0.2, -0.15) is 5.10 Å². The van der Waals surface area contributed by atoms with Gasteiger partial charge in [-0.15, -0.1) is 11.8 Å². The van der Waals surface area contributed by atoms with Crippen LogP contribution in [0.4, 0.5) is 0 Å². The molecule has 26 heavy (non-hydrogen) atoms. The lowest BCUT2D eigenvalue weighted by Crippen LogP contribution is -2.25. The van der Waals surface area contributed by atoms with Crippen molar-refractivity contribution < 1.29 is 4.79 Å². The summed E-state index contributed by atoms with van der Waals surface area (Å²) in [5.41, 5.74) is 1.49. The van der Waals surface area contributed by atoms with Gasteiger partial charge in [0.25, 0.3) is 5.91 Å². The molecule has 0 spiro atoms. The topological polar surface area (TPSA) is 59.8 Å². The molecule has 0 aliphatic rings. The third-order valence-electron chi connectivity index (χ3n) is 3.93. The second-order valence-electron chi connectivity index (χ2n) is 5.73. The first kappa shape index (κ1) is 18.2. The Morgan fingerprint density at radius 3 is 2.69 bits per heavy atom. The molecule has 2 aromatic heterocycles. The van der Waals surface area contributed by atoms with Crippen LogP contribution in [0.5, 0.6) is 0 Å². The van der Waals surface area contributed by atoms with Crippen LogP contribution in [0.1, 0.15) is 29.4 Å². The monoisotopic (exact) mass is 366 g/mol. The molecule has 0 aliphatic heterocycles. The van der Waals surface area contributed by atoms with Crippen molar-refractivity contribution >= 4 is 17.7 Å². The minimum atomic E-state index is -0.0752. The molecule has 0 aliphatic carbocycles. The first-order valence-corrected chi connectivity index (χ1v) is 9.72. The van der Waals surface area contributed by atoms with Crippen molar-refractivity contribution in [3.8, 4) is 5.82 Å². The number of carbonyl (C=O) groups excluding carboxylic acids is 1. The number of benzene rings is 1. The van der Waals surface area contributed by atoms with Crippen LogP contribution in [0.2, 0.25) is 0 Å². The first-order valence-electron chi connectivity index (χ1n) is 8.74. The molecule has 0 bridgehead atoms. The highest BCUT2D eigenvalue weighted by atomic mass is 32.2. The van der Waals surface area contributed by atoms with Crippen LogP contribution in [-0.4, -0.2) is 33.0 Å². The van der Waals surface area contributed by atoms with Gasteiger partial charge in [0.2, 0.25) is 0 Å². The van der Waals surface area contributed by atoms with Crippen LogP contribution in [0.25, 0.3) is 5.82 Å². The molecule has 5 nitrogen and oxygen atoms in total. The fourth-order valence-electron chi connectivity index (χ4n) is 2.66. The van der Waals surface area contributed by atoms with E-state index in [2.05, 4.69) is 27.5 Å². The molecule has 1 amide bonds. The molecule has 0 radical (unpaired) electrons. The Hall–Kier alpha value is -2.60. The number of hydrogen-bond donors (Lipinski definition) is 1. The second kappa shape index (κ2) is 9.20. The normalized spacial score (nSPS) is 10.7. The van der Waals surface area contributed by atoms with E-state index in [1.54, 1.807) is 28.8 Å². The quantitative estimate of drug-likeness (QED) is 0.487. The van der Waals surface area contributed by atoms with E-state index in [0.717, 1.165) is 23.7 Å². The van der Waals surface area contributed by atoms with Gasteiger partial charge in [0.15, 0.2) is 5.82 Å². The van der Waals surface area contributed by atoms with E-state index in [4.69, 9.17) is 0 Å². The summed E-state index contributed by atoms with van der Waals surface area (Å²) in [6.45, 7) is 2.67. The van der Waals surface area contributed by atoms with Crippen molar-refractivity contribution in [3.05, 3.63) is 72.2 Å². The molecule has 3 rings (SSSR count). The van der Waals surface area contributed by atoms with Gasteiger partial charge in [0.1, 0.15) is 0 Å². The van der Waals surface area contributed by atoms with Crippen LogP contribution < -0.4 is 5.32 Å². The van der Waals surface area contributed by atoms with Gasteiger partial charge in [-0.25, -0.2) is 9.67 Å². The maximum Gasteiger partial charge on any atom is 0.254 e. The fourth-order valence-corrected chi connectivity index (χ4v) is 3.53. The van der Waals surface area contributed by atoms with Gasteiger partial charge in [-0.05, 0) is 42.9 Å². The lowest BCUT2D eigenvalue weighted by atomic mass is 10.2. The molecular formula is C20H22N4OS. The van der Waals surface area contributed by atoms with E-state index in [1.807, 2.05) is 43.3 Å². The third-order valence-corrected chi connectivity index (χ3v) is 5.03. The van der Waals surface area contributed by atoms with Crippen molar-refractivity contribution in [2.24, 2.45) is 0 Å². The van der Waals surface area contributed by atoms with E-state index < -0.39 is 0 Å².